The predicted molar refractivity (Wildman–Crippen MR) is 83.4 cm³/mol. The van der Waals surface area contributed by atoms with E-state index in [1.807, 2.05) is 19.1 Å². The third-order valence-electron chi connectivity index (χ3n) is 2.51. The van der Waals surface area contributed by atoms with Crippen molar-refractivity contribution in [2.24, 2.45) is 0 Å². The number of carbonyl (C=O) groups excluding carboxylic acids is 1. The third kappa shape index (κ3) is 3.18. The molecular weight excluding hydrogens is 342 g/mol. The molecule has 1 amide bonds. The van der Waals surface area contributed by atoms with Crippen molar-refractivity contribution in [2.75, 3.05) is 5.32 Å². The lowest BCUT2D eigenvalue weighted by Crippen LogP contribution is -2.14. The summed E-state index contributed by atoms with van der Waals surface area (Å²) in [6.07, 6.45) is 0. The van der Waals surface area contributed by atoms with Crippen LogP contribution < -0.4 is 5.32 Å². The van der Waals surface area contributed by atoms with Crippen LogP contribution in [0, 0.1) is 6.92 Å². The molecule has 20 heavy (non-hydrogen) atoms. The molecule has 104 valence electrons. The summed E-state index contributed by atoms with van der Waals surface area (Å²) in [5.41, 5.74) is 1.61. The van der Waals surface area contributed by atoms with Gasteiger partial charge in [-0.1, -0.05) is 64.1 Å². The van der Waals surface area contributed by atoms with Gasteiger partial charge in [-0.25, -0.2) is 4.98 Å². The van der Waals surface area contributed by atoms with Gasteiger partial charge in [-0.05, 0) is 19.1 Å². The second-order valence-electron chi connectivity index (χ2n) is 4.01. The van der Waals surface area contributed by atoms with E-state index in [4.69, 9.17) is 46.4 Å². The summed E-state index contributed by atoms with van der Waals surface area (Å²) in [5, 5.41) is 2.56. The zero-order valence-corrected chi connectivity index (χ0v) is 13.2. The van der Waals surface area contributed by atoms with E-state index in [0.29, 0.717) is 5.69 Å². The number of anilines is 1. The van der Waals surface area contributed by atoms with Gasteiger partial charge < -0.3 is 5.32 Å². The molecule has 0 unspecified atom stereocenters. The normalized spacial score (nSPS) is 10.4. The van der Waals surface area contributed by atoms with Crippen LogP contribution in [0.5, 0.6) is 0 Å². The van der Waals surface area contributed by atoms with Crippen LogP contribution in [-0.2, 0) is 0 Å². The van der Waals surface area contributed by atoms with E-state index in [1.54, 1.807) is 12.1 Å². The van der Waals surface area contributed by atoms with Gasteiger partial charge in [0.15, 0.2) is 0 Å². The molecule has 1 heterocycles. The number of pyridine rings is 1. The van der Waals surface area contributed by atoms with Crippen molar-refractivity contribution >= 4 is 58.0 Å². The van der Waals surface area contributed by atoms with Crippen LogP contribution >= 0.6 is 46.4 Å². The Bertz CT molecular complexity index is 671. The second kappa shape index (κ2) is 6.19. The van der Waals surface area contributed by atoms with Crippen molar-refractivity contribution in [1.82, 2.24) is 4.98 Å². The van der Waals surface area contributed by atoms with Gasteiger partial charge in [0, 0.05) is 5.69 Å². The van der Waals surface area contributed by atoms with E-state index in [0.717, 1.165) is 5.56 Å². The average molecular weight is 350 g/mol. The van der Waals surface area contributed by atoms with E-state index in [2.05, 4.69) is 10.3 Å². The number of hydrogen-bond donors (Lipinski definition) is 1. The number of hydrogen-bond acceptors (Lipinski definition) is 2. The minimum absolute atomic E-state index is 0.00221. The Labute approximate surface area is 135 Å². The molecule has 0 spiro atoms. The topological polar surface area (TPSA) is 42.0 Å². The number of aromatic nitrogens is 1. The summed E-state index contributed by atoms with van der Waals surface area (Å²) in [5.74, 6) is -0.515. The van der Waals surface area contributed by atoms with E-state index < -0.39 is 5.91 Å². The SMILES string of the molecule is Cc1ccc(NC(=O)c2nc(Cl)c(Cl)c(Cl)c2Cl)cc1. The molecule has 0 saturated carbocycles. The van der Waals surface area contributed by atoms with Crippen LogP contribution in [-0.4, -0.2) is 10.9 Å². The van der Waals surface area contributed by atoms with Gasteiger partial charge in [-0.3, -0.25) is 4.79 Å². The molecule has 1 aromatic heterocycles. The van der Waals surface area contributed by atoms with Crippen molar-refractivity contribution in [3.63, 3.8) is 0 Å². The molecule has 0 saturated heterocycles. The Balaban J connectivity index is 2.32. The van der Waals surface area contributed by atoms with Crippen molar-refractivity contribution in [1.29, 1.82) is 0 Å². The molecule has 3 nitrogen and oxygen atoms in total. The van der Waals surface area contributed by atoms with Crippen molar-refractivity contribution < 1.29 is 4.79 Å². The largest absolute Gasteiger partial charge is 0.321 e. The number of halogens is 4. The number of nitrogens with one attached hydrogen (secondary N) is 1. The predicted octanol–water partition coefficient (Wildman–Crippen LogP) is 5.26. The van der Waals surface area contributed by atoms with Crippen LogP contribution in [0.15, 0.2) is 24.3 Å². The zero-order valence-electron chi connectivity index (χ0n) is 10.2. The molecule has 0 fully saturated rings. The number of benzene rings is 1. The van der Waals surface area contributed by atoms with Crippen LogP contribution in [0.25, 0.3) is 0 Å². The minimum Gasteiger partial charge on any atom is -0.321 e. The molecule has 0 atom stereocenters. The standard InChI is InChI=1S/C13H8Cl4N2O/c1-6-2-4-7(5-3-6)18-13(20)11-9(15)8(14)10(16)12(17)19-11/h2-5H,1H3,(H,18,20). The highest BCUT2D eigenvalue weighted by molar-refractivity contribution is 6.52. The lowest BCUT2D eigenvalue weighted by Gasteiger charge is -2.09. The summed E-state index contributed by atoms with van der Waals surface area (Å²) in [6, 6.07) is 7.26. The molecule has 2 aromatic rings. The molecule has 2 rings (SSSR count). The Morgan fingerprint density at radius 1 is 1.00 bits per heavy atom. The highest BCUT2D eigenvalue weighted by Crippen LogP contribution is 2.36. The first kappa shape index (κ1) is 15.4. The first-order valence-corrected chi connectivity index (χ1v) is 6.99. The number of aryl methyl sites for hydroxylation is 1. The van der Waals surface area contributed by atoms with Crippen molar-refractivity contribution in [3.05, 3.63) is 55.7 Å². The van der Waals surface area contributed by atoms with E-state index in [9.17, 15) is 4.79 Å². The molecular formula is C13H8Cl4N2O. The fraction of sp³-hybridized carbons (Fsp3) is 0.0769. The van der Waals surface area contributed by atoms with E-state index in [1.165, 1.54) is 0 Å². The first-order chi connectivity index (χ1) is 9.40. The fourth-order valence-electron chi connectivity index (χ4n) is 1.46. The summed E-state index contributed by atoms with van der Waals surface area (Å²) in [7, 11) is 0. The first-order valence-electron chi connectivity index (χ1n) is 5.48. The lowest BCUT2D eigenvalue weighted by atomic mass is 10.2. The van der Waals surface area contributed by atoms with Gasteiger partial charge in [0.05, 0.1) is 15.1 Å². The maximum atomic E-state index is 12.1. The maximum absolute atomic E-state index is 12.1. The minimum atomic E-state index is -0.515. The lowest BCUT2D eigenvalue weighted by molar-refractivity contribution is 0.102. The number of nitrogens with zero attached hydrogens (tertiary/aromatic N) is 1. The van der Waals surface area contributed by atoms with Gasteiger partial charge in [0.2, 0.25) is 0 Å². The zero-order chi connectivity index (χ0) is 14.9. The van der Waals surface area contributed by atoms with Crippen LogP contribution in [0.4, 0.5) is 5.69 Å². The molecule has 0 aliphatic carbocycles. The van der Waals surface area contributed by atoms with Crippen molar-refractivity contribution in [3.8, 4) is 0 Å². The summed E-state index contributed by atoms with van der Waals surface area (Å²) >= 11 is 23.4. The number of carbonyl (C=O) groups is 1. The van der Waals surface area contributed by atoms with Crippen LogP contribution in [0.2, 0.25) is 20.2 Å². The van der Waals surface area contributed by atoms with Crippen LogP contribution in [0.1, 0.15) is 16.1 Å². The van der Waals surface area contributed by atoms with Crippen LogP contribution in [0.3, 0.4) is 0 Å². The van der Waals surface area contributed by atoms with Gasteiger partial charge >= 0.3 is 0 Å². The molecule has 1 aromatic carbocycles. The molecule has 0 aliphatic rings. The molecule has 0 radical (unpaired) electrons. The third-order valence-corrected chi connectivity index (χ3v) is 4.19. The summed E-state index contributed by atoms with van der Waals surface area (Å²) in [4.78, 5) is 16.0. The van der Waals surface area contributed by atoms with Gasteiger partial charge in [0.25, 0.3) is 5.91 Å². The average Bonchev–Trinajstić information content (AvgIpc) is 2.43. The summed E-state index contributed by atoms with van der Waals surface area (Å²) in [6.45, 7) is 1.95. The highest BCUT2D eigenvalue weighted by atomic mass is 35.5. The van der Waals surface area contributed by atoms with Gasteiger partial charge in [-0.15, -0.1) is 0 Å². The monoisotopic (exact) mass is 348 g/mol. The highest BCUT2D eigenvalue weighted by Gasteiger charge is 2.20. The summed E-state index contributed by atoms with van der Waals surface area (Å²) < 4.78 is 0. The Morgan fingerprint density at radius 2 is 1.60 bits per heavy atom. The Hall–Kier alpha value is -1.000. The van der Waals surface area contributed by atoms with Crippen molar-refractivity contribution in [2.45, 2.75) is 6.92 Å². The second-order valence-corrected chi connectivity index (χ2v) is 5.51. The quantitative estimate of drug-likeness (QED) is 0.751. The van der Waals surface area contributed by atoms with Gasteiger partial charge in [0.1, 0.15) is 10.8 Å². The fourth-order valence-corrected chi connectivity index (χ4v) is 2.28. The van der Waals surface area contributed by atoms with E-state index in [-0.39, 0.29) is 25.9 Å². The molecule has 1 N–H and O–H groups in total. The smallest absolute Gasteiger partial charge is 0.275 e. The Kier molecular flexibility index (Phi) is 4.76. The number of rotatable bonds is 2. The molecule has 7 heteroatoms. The molecule has 0 bridgehead atoms. The number of amides is 1. The maximum Gasteiger partial charge on any atom is 0.275 e. The Morgan fingerprint density at radius 3 is 2.20 bits per heavy atom. The van der Waals surface area contributed by atoms with Gasteiger partial charge in [-0.2, -0.15) is 0 Å². The van der Waals surface area contributed by atoms with E-state index >= 15 is 0 Å². The molecule has 0 aliphatic heterocycles.